The molecule has 8 nitrogen and oxygen atoms in total. The van der Waals surface area contributed by atoms with Gasteiger partial charge in [0.1, 0.15) is 12.4 Å². The number of anilines is 1. The van der Waals surface area contributed by atoms with E-state index in [1.807, 2.05) is 0 Å². The van der Waals surface area contributed by atoms with E-state index < -0.39 is 5.97 Å². The van der Waals surface area contributed by atoms with Crippen LogP contribution in [-0.2, 0) is 4.74 Å². The predicted molar refractivity (Wildman–Crippen MR) is 64.2 cm³/mol. The number of carbonyl (C=O) groups is 1. The summed E-state index contributed by atoms with van der Waals surface area (Å²) in [4.78, 5) is 19.4. The Balaban J connectivity index is 2.41. The molecule has 0 saturated carbocycles. The molecule has 0 aliphatic carbocycles. The van der Waals surface area contributed by atoms with Crippen LogP contribution in [0.2, 0.25) is 0 Å². The molecule has 0 bridgehead atoms. The van der Waals surface area contributed by atoms with Gasteiger partial charge in [-0.05, 0) is 13.0 Å². The van der Waals surface area contributed by atoms with Gasteiger partial charge in [-0.1, -0.05) is 0 Å². The monoisotopic (exact) mass is 258 g/mol. The Hall–Kier alpha value is -2.95. The number of hydrogen-bond acceptors (Lipinski definition) is 7. The molecule has 8 heteroatoms. The van der Waals surface area contributed by atoms with Gasteiger partial charge in [-0.2, -0.15) is 5.26 Å². The average Bonchev–Trinajstić information content (AvgIpc) is 2.88. The van der Waals surface area contributed by atoms with Gasteiger partial charge in [0.2, 0.25) is 0 Å². The molecule has 2 rings (SSSR count). The molecule has 0 atom stereocenters. The zero-order chi connectivity index (χ0) is 13.8. The van der Waals surface area contributed by atoms with Crippen LogP contribution in [0.25, 0.3) is 5.82 Å². The number of esters is 1. The molecular formula is C11H10N6O2. The van der Waals surface area contributed by atoms with Gasteiger partial charge in [0.05, 0.1) is 24.1 Å². The van der Waals surface area contributed by atoms with Gasteiger partial charge in [-0.3, -0.25) is 0 Å². The van der Waals surface area contributed by atoms with Crippen molar-refractivity contribution in [1.29, 1.82) is 5.26 Å². The summed E-state index contributed by atoms with van der Waals surface area (Å²) in [5.74, 6) is -0.202. The minimum Gasteiger partial charge on any atom is -0.462 e. The number of nitrogens with zero attached hydrogens (tertiary/aromatic N) is 5. The molecule has 0 amide bonds. The number of carbonyl (C=O) groups excluding carboxylic acids is 1. The van der Waals surface area contributed by atoms with Crippen LogP contribution in [0.3, 0.4) is 0 Å². The Morgan fingerprint density at radius 3 is 3.00 bits per heavy atom. The molecule has 2 heterocycles. The average molecular weight is 258 g/mol. The summed E-state index contributed by atoms with van der Waals surface area (Å²) < 4.78 is 6.16. The van der Waals surface area contributed by atoms with Gasteiger partial charge in [0.25, 0.3) is 5.82 Å². The highest BCUT2D eigenvalue weighted by atomic mass is 16.5. The molecule has 0 aromatic carbocycles. The molecule has 0 aliphatic rings. The fourth-order valence-electron chi connectivity index (χ4n) is 1.39. The highest BCUT2D eigenvalue weighted by molar-refractivity contribution is 5.95. The minimum absolute atomic E-state index is 0.0105. The van der Waals surface area contributed by atoms with Gasteiger partial charge in [-0.25, -0.2) is 19.4 Å². The summed E-state index contributed by atoms with van der Waals surface area (Å²) in [5.41, 5.74) is 6.08. The van der Waals surface area contributed by atoms with Crippen molar-refractivity contribution in [3.8, 4) is 11.9 Å². The molecule has 0 fully saturated rings. The standard InChI is InChI=1S/C11H10N6O2/c1-2-19-11(18)7-3-10(14-5-8(7)13)17-6-15-9(4-12)16-17/h3,5-6H,2,13H2,1H3. The van der Waals surface area contributed by atoms with Crippen LogP contribution >= 0.6 is 0 Å². The molecule has 19 heavy (non-hydrogen) atoms. The Labute approximate surface area is 108 Å². The van der Waals surface area contributed by atoms with Crippen molar-refractivity contribution < 1.29 is 9.53 Å². The summed E-state index contributed by atoms with van der Waals surface area (Å²) >= 11 is 0. The van der Waals surface area contributed by atoms with Crippen LogP contribution in [0.4, 0.5) is 5.69 Å². The number of pyridine rings is 1. The van der Waals surface area contributed by atoms with Gasteiger partial charge < -0.3 is 10.5 Å². The molecule has 0 spiro atoms. The SMILES string of the molecule is CCOC(=O)c1cc(-n2cnc(C#N)n2)ncc1N. The second-order valence-electron chi connectivity index (χ2n) is 3.47. The maximum atomic E-state index is 11.7. The predicted octanol–water partition coefficient (Wildman–Crippen LogP) is 0.293. The highest BCUT2D eigenvalue weighted by Gasteiger charge is 2.14. The zero-order valence-corrected chi connectivity index (χ0v) is 10.1. The van der Waals surface area contributed by atoms with E-state index in [0.29, 0.717) is 5.82 Å². The van der Waals surface area contributed by atoms with Crippen LogP contribution in [0.15, 0.2) is 18.6 Å². The van der Waals surface area contributed by atoms with Gasteiger partial charge in [-0.15, -0.1) is 5.10 Å². The van der Waals surface area contributed by atoms with Crippen LogP contribution in [0, 0.1) is 11.3 Å². The third kappa shape index (κ3) is 2.50. The lowest BCUT2D eigenvalue weighted by molar-refractivity contribution is 0.0527. The van der Waals surface area contributed by atoms with Crippen molar-refractivity contribution in [2.45, 2.75) is 6.92 Å². The number of nitriles is 1. The molecule has 0 radical (unpaired) electrons. The number of hydrogen-bond donors (Lipinski definition) is 1. The smallest absolute Gasteiger partial charge is 0.340 e. The normalized spacial score (nSPS) is 9.89. The van der Waals surface area contributed by atoms with Crippen molar-refractivity contribution in [3.05, 3.63) is 30.0 Å². The molecule has 96 valence electrons. The van der Waals surface area contributed by atoms with Crippen LogP contribution in [-0.4, -0.2) is 32.3 Å². The third-order valence-corrected chi connectivity index (χ3v) is 2.24. The van der Waals surface area contributed by atoms with E-state index in [4.69, 9.17) is 15.7 Å². The van der Waals surface area contributed by atoms with E-state index in [0.717, 1.165) is 0 Å². The molecule has 0 saturated heterocycles. The van der Waals surface area contributed by atoms with Crippen molar-refractivity contribution in [2.24, 2.45) is 0 Å². The summed E-state index contributed by atoms with van der Waals surface area (Å²) in [6.45, 7) is 1.95. The zero-order valence-electron chi connectivity index (χ0n) is 10.1. The number of nitrogen functional groups attached to an aromatic ring is 1. The molecule has 0 unspecified atom stereocenters. The highest BCUT2D eigenvalue weighted by Crippen LogP contribution is 2.15. The number of aromatic nitrogens is 4. The number of nitrogens with two attached hydrogens (primary N) is 1. The first kappa shape index (κ1) is 12.5. The second-order valence-corrected chi connectivity index (χ2v) is 3.47. The lowest BCUT2D eigenvalue weighted by Crippen LogP contribution is -2.10. The number of rotatable bonds is 3. The van der Waals surface area contributed by atoms with Gasteiger partial charge >= 0.3 is 5.97 Å². The molecule has 0 aliphatic heterocycles. The first-order chi connectivity index (χ1) is 9.15. The molecular weight excluding hydrogens is 248 g/mol. The second kappa shape index (κ2) is 5.14. The largest absolute Gasteiger partial charge is 0.462 e. The molecule has 2 N–H and O–H groups in total. The Bertz CT molecular complexity index is 657. The quantitative estimate of drug-likeness (QED) is 0.785. The summed E-state index contributed by atoms with van der Waals surface area (Å²) in [6.07, 6.45) is 2.65. The van der Waals surface area contributed by atoms with Crippen molar-refractivity contribution in [3.63, 3.8) is 0 Å². The topological polar surface area (TPSA) is 120 Å². The lowest BCUT2D eigenvalue weighted by atomic mass is 10.2. The summed E-state index contributed by atoms with van der Waals surface area (Å²) in [5, 5.41) is 12.5. The molecule has 2 aromatic heterocycles. The van der Waals surface area contributed by atoms with Crippen molar-refractivity contribution >= 4 is 11.7 Å². The van der Waals surface area contributed by atoms with Crippen LogP contribution in [0.5, 0.6) is 0 Å². The van der Waals surface area contributed by atoms with E-state index in [1.165, 1.54) is 23.3 Å². The van der Waals surface area contributed by atoms with E-state index in [1.54, 1.807) is 13.0 Å². The van der Waals surface area contributed by atoms with Gasteiger partial charge in [0.15, 0.2) is 5.82 Å². The summed E-state index contributed by atoms with van der Waals surface area (Å²) in [7, 11) is 0. The summed E-state index contributed by atoms with van der Waals surface area (Å²) in [6, 6.07) is 3.23. The Kier molecular flexibility index (Phi) is 3.38. The third-order valence-electron chi connectivity index (χ3n) is 2.24. The first-order valence-corrected chi connectivity index (χ1v) is 5.40. The lowest BCUT2D eigenvalue weighted by Gasteiger charge is -2.06. The van der Waals surface area contributed by atoms with E-state index >= 15 is 0 Å². The van der Waals surface area contributed by atoms with Gasteiger partial charge in [0, 0.05) is 0 Å². The molecule has 2 aromatic rings. The minimum atomic E-state index is -0.538. The first-order valence-electron chi connectivity index (χ1n) is 5.40. The fraction of sp³-hybridized carbons (Fsp3) is 0.182. The number of ether oxygens (including phenoxy) is 1. The van der Waals surface area contributed by atoms with Crippen molar-refractivity contribution in [1.82, 2.24) is 19.7 Å². The van der Waals surface area contributed by atoms with E-state index in [-0.39, 0.29) is 23.7 Å². The van der Waals surface area contributed by atoms with Crippen LogP contribution in [0.1, 0.15) is 23.1 Å². The van der Waals surface area contributed by atoms with E-state index in [9.17, 15) is 4.79 Å². The van der Waals surface area contributed by atoms with Crippen molar-refractivity contribution in [2.75, 3.05) is 12.3 Å². The van der Waals surface area contributed by atoms with E-state index in [2.05, 4.69) is 15.1 Å². The maximum Gasteiger partial charge on any atom is 0.340 e. The Morgan fingerprint density at radius 2 is 2.37 bits per heavy atom. The Morgan fingerprint density at radius 1 is 1.58 bits per heavy atom. The maximum absolute atomic E-state index is 11.7. The van der Waals surface area contributed by atoms with Crippen LogP contribution < -0.4 is 5.73 Å². The fourth-order valence-corrected chi connectivity index (χ4v) is 1.39.